The maximum Gasteiger partial charge on any atom is 0.269 e. The fourth-order valence-electron chi connectivity index (χ4n) is 2.48. The van der Waals surface area contributed by atoms with E-state index in [9.17, 15) is 19.7 Å². The molecule has 8 heteroatoms. The Morgan fingerprint density at radius 1 is 1.15 bits per heavy atom. The van der Waals surface area contributed by atoms with Crippen molar-refractivity contribution in [1.29, 1.82) is 0 Å². The predicted octanol–water partition coefficient (Wildman–Crippen LogP) is 1.50. The lowest BCUT2D eigenvalue weighted by atomic mass is 10.0. The van der Waals surface area contributed by atoms with Crippen LogP contribution in [0.4, 0.5) is 5.69 Å². The highest BCUT2D eigenvalue weighted by molar-refractivity contribution is 5.89. The lowest BCUT2D eigenvalue weighted by Crippen LogP contribution is -2.47. The molecule has 136 valence electrons. The SMILES string of the molecule is CO[C@H](C(=O)N[C@@H](Cc1ccc([N+](=O)[O-])cc1)C(N)=O)c1ccccc1. The summed E-state index contributed by atoms with van der Waals surface area (Å²) in [5.41, 5.74) is 6.61. The minimum atomic E-state index is -0.967. The molecule has 0 aromatic heterocycles. The van der Waals surface area contributed by atoms with Crippen LogP contribution in [0.3, 0.4) is 0 Å². The summed E-state index contributed by atoms with van der Waals surface area (Å²) in [6.07, 6.45) is -0.764. The van der Waals surface area contributed by atoms with Crippen LogP contribution in [0.2, 0.25) is 0 Å². The van der Waals surface area contributed by atoms with Gasteiger partial charge in [-0.05, 0) is 11.1 Å². The molecule has 0 unspecified atom stereocenters. The minimum absolute atomic E-state index is 0.0584. The number of nitrogens with one attached hydrogen (secondary N) is 1. The van der Waals surface area contributed by atoms with Gasteiger partial charge in [0, 0.05) is 25.7 Å². The topological polar surface area (TPSA) is 125 Å². The van der Waals surface area contributed by atoms with E-state index in [0.29, 0.717) is 11.1 Å². The van der Waals surface area contributed by atoms with Crippen molar-refractivity contribution in [1.82, 2.24) is 5.32 Å². The molecule has 0 aliphatic carbocycles. The van der Waals surface area contributed by atoms with Crippen molar-refractivity contribution >= 4 is 17.5 Å². The van der Waals surface area contributed by atoms with E-state index < -0.39 is 28.9 Å². The molecule has 0 saturated carbocycles. The average molecular weight is 357 g/mol. The monoisotopic (exact) mass is 357 g/mol. The number of nitrogens with two attached hydrogens (primary N) is 1. The zero-order valence-electron chi connectivity index (χ0n) is 14.1. The molecule has 0 fully saturated rings. The lowest BCUT2D eigenvalue weighted by molar-refractivity contribution is -0.384. The highest BCUT2D eigenvalue weighted by Gasteiger charge is 2.25. The Labute approximate surface area is 150 Å². The van der Waals surface area contributed by atoms with Gasteiger partial charge in [-0.25, -0.2) is 0 Å². The van der Waals surface area contributed by atoms with Gasteiger partial charge in [-0.1, -0.05) is 42.5 Å². The van der Waals surface area contributed by atoms with Crippen molar-refractivity contribution in [3.63, 3.8) is 0 Å². The van der Waals surface area contributed by atoms with Gasteiger partial charge in [0.2, 0.25) is 5.91 Å². The van der Waals surface area contributed by atoms with Crippen LogP contribution in [0, 0.1) is 10.1 Å². The summed E-state index contributed by atoms with van der Waals surface area (Å²) in [4.78, 5) is 34.4. The molecular weight excluding hydrogens is 338 g/mol. The number of primary amides is 1. The Balaban J connectivity index is 2.10. The smallest absolute Gasteiger partial charge is 0.269 e. The normalized spacial score (nSPS) is 12.8. The lowest BCUT2D eigenvalue weighted by Gasteiger charge is -2.20. The number of non-ortho nitro benzene ring substituents is 1. The van der Waals surface area contributed by atoms with Gasteiger partial charge in [-0.3, -0.25) is 19.7 Å². The summed E-state index contributed by atoms with van der Waals surface area (Å²) in [5, 5.41) is 13.3. The Morgan fingerprint density at radius 3 is 2.27 bits per heavy atom. The molecule has 0 aliphatic rings. The third-order valence-electron chi connectivity index (χ3n) is 3.82. The van der Waals surface area contributed by atoms with Gasteiger partial charge in [0.05, 0.1) is 4.92 Å². The molecule has 26 heavy (non-hydrogen) atoms. The van der Waals surface area contributed by atoms with Crippen LogP contribution >= 0.6 is 0 Å². The second-order valence-corrected chi connectivity index (χ2v) is 5.62. The summed E-state index contributed by atoms with van der Waals surface area (Å²) in [6.45, 7) is 0. The number of methoxy groups -OCH3 is 1. The number of hydrogen-bond acceptors (Lipinski definition) is 5. The molecule has 0 radical (unpaired) electrons. The molecule has 0 heterocycles. The van der Waals surface area contributed by atoms with E-state index in [1.807, 2.05) is 6.07 Å². The maximum absolute atomic E-state index is 12.5. The van der Waals surface area contributed by atoms with Crippen molar-refractivity contribution in [2.45, 2.75) is 18.6 Å². The average Bonchev–Trinajstić information content (AvgIpc) is 2.63. The van der Waals surface area contributed by atoms with E-state index >= 15 is 0 Å². The molecule has 0 bridgehead atoms. The van der Waals surface area contributed by atoms with Crippen molar-refractivity contribution in [3.8, 4) is 0 Å². The number of hydrogen-bond donors (Lipinski definition) is 2. The number of amides is 2. The summed E-state index contributed by atoms with van der Waals surface area (Å²) in [7, 11) is 1.40. The highest BCUT2D eigenvalue weighted by atomic mass is 16.6. The van der Waals surface area contributed by atoms with Crippen molar-refractivity contribution in [3.05, 3.63) is 75.8 Å². The predicted molar refractivity (Wildman–Crippen MR) is 94.1 cm³/mol. The van der Waals surface area contributed by atoms with E-state index in [0.717, 1.165) is 0 Å². The Morgan fingerprint density at radius 2 is 1.77 bits per heavy atom. The molecule has 2 atom stereocenters. The molecule has 8 nitrogen and oxygen atoms in total. The maximum atomic E-state index is 12.5. The van der Waals surface area contributed by atoms with Crippen LogP contribution in [-0.2, 0) is 20.7 Å². The first-order valence-electron chi connectivity index (χ1n) is 7.83. The van der Waals surface area contributed by atoms with E-state index in [4.69, 9.17) is 10.5 Å². The number of nitrogens with zero attached hydrogens (tertiary/aromatic N) is 1. The number of nitro groups is 1. The first kappa shape index (κ1) is 19.1. The van der Waals surface area contributed by atoms with Crippen LogP contribution in [0.25, 0.3) is 0 Å². The number of nitro benzene ring substituents is 1. The van der Waals surface area contributed by atoms with Gasteiger partial charge in [0.15, 0.2) is 6.10 Å². The van der Waals surface area contributed by atoms with Gasteiger partial charge in [-0.2, -0.15) is 0 Å². The molecule has 3 N–H and O–H groups in total. The Bertz CT molecular complexity index is 777. The fourth-order valence-corrected chi connectivity index (χ4v) is 2.48. The Hall–Kier alpha value is -3.26. The quantitative estimate of drug-likeness (QED) is 0.547. The number of ether oxygens (including phenoxy) is 1. The van der Waals surface area contributed by atoms with Crippen LogP contribution < -0.4 is 11.1 Å². The molecule has 0 spiro atoms. The third kappa shape index (κ3) is 4.87. The number of carbonyl (C=O) groups is 2. The van der Waals surface area contributed by atoms with E-state index in [2.05, 4.69) is 5.32 Å². The van der Waals surface area contributed by atoms with Crippen LogP contribution in [-0.4, -0.2) is 29.9 Å². The van der Waals surface area contributed by atoms with E-state index in [1.165, 1.54) is 31.4 Å². The van der Waals surface area contributed by atoms with Gasteiger partial charge >= 0.3 is 0 Å². The summed E-state index contributed by atoms with van der Waals surface area (Å²) in [5.74, 6) is -1.20. The van der Waals surface area contributed by atoms with Gasteiger partial charge in [-0.15, -0.1) is 0 Å². The van der Waals surface area contributed by atoms with Crippen molar-refractivity contribution < 1.29 is 19.2 Å². The standard InChI is InChI=1S/C18H19N3O5/c1-26-16(13-5-3-2-4-6-13)18(23)20-15(17(19)22)11-12-7-9-14(10-8-12)21(24)25/h2-10,15-16H,11H2,1H3,(H2,19,22)(H,20,23)/t15-,16-/m0/s1. The fraction of sp³-hybridized carbons (Fsp3) is 0.222. The molecule has 2 aromatic rings. The number of benzene rings is 2. The minimum Gasteiger partial charge on any atom is -0.368 e. The summed E-state index contributed by atoms with van der Waals surface area (Å²) >= 11 is 0. The number of carbonyl (C=O) groups excluding carboxylic acids is 2. The van der Waals surface area contributed by atoms with Crippen LogP contribution in [0.15, 0.2) is 54.6 Å². The van der Waals surface area contributed by atoms with Gasteiger partial charge < -0.3 is 15.8 Å². The van der Waals surface area contributed by atoms with E-state index in [-0.39, 0.29) is 12.1 Å². The number of rotatable bonds is 8. The Kier molecular flexibility index (Phi) is 6.40. The van der Waals surface area contributed by atoms with Crippen LogP contribution in [0.5, 0.6) is 0 Å². The van der Waals surface area contributed by atoms with Crippen LogP contribution in [0.1, 0.15) is 17.2 Å². The zero-order valence-corrected chi connectivity index (χ0v) is 14.1. The molecule has 0 aliphatic heterocycles. The molecular formula is C18H19N3O5. The van der Waals surface area contributed by atoms with E-state index in [1.54, 1.807) is 24.3 Å². The highest BCUT2D eigenvalue weighted by Crippen LogP contribution is 2.17. The van der Waals surface area contributed by atoms with Gasteiger partial charge in [0.25, 0.3) is 11.6 Å². The summed E-state index contributed by atoms with van der Waals surface area (Å²) < 4.78 is 5.23. The van der Waals surface area contributed by atoms with Crippen molar-refractivity contribution in [2.75, 3.05) is 7.11 Å². The zero-order chi connectivity index (χ0) is 19.1. The summed E-state index contributed by atoms with van der Waals surface area (Å²) in [6, 6.07) is 13.6. The second-order valence-electron chi connectivity index (χ2n) is 5.62. The molecule has 2 amide bonds. The largest absolute Gasteiger partial charge is 0.368 e. The molecule has 2 aromatic carbocycles. The van der Waals surface area contributed by atoms with Gasteiger partial charge in [0.1, 0.15) is 6.04 Å². The molecule has 0 saturated heterocycles. The molecule has 2 rings (SSSR count). The second kappa shape index (κ2) is 8.72. The first-order valence-corrected chi connectivity index (χ1v) is 7.83. The third-order valence-corrected chi connectivity index (χ3v) is 3.82. The van der Waals surface area contributed by atoms with Crippen molar-refractivity contribution in [2.24, 2.45) is 5.73 Å². The first-order chi connectivity index (χ1) is 12.4.